The highest BCUT2D eigenvalue weighted by Gasteiger charge is 2.26. The van der Waals surface area contributed by atoms with Crippen LogP contribution in [0.15, 0.2) is 0 Å². The third-order valence-corrected chi connectivity index (χ3v) is 3.73. The Kier molecular flexibility index (Phi) is 4.00. The average molecular weight is 212 g/mol. The van der Waals surface area contributed by atoms with Crippen LogP contribution >= 0.6 is 0 Å². The van der Waals surface area contributed by atoms with E-state index in [0.717, 1.165) is 25.6 Å². The van der Waals surface area contributed by atoms with Gasteiger partial charge in [-0.15, -0.1) is 0 Å². The van der Waals surface area contributed by atoms with Gasteiger partial charge in [0.15, 0.2) is 0 Å². The summed E-state index contributed by atoms with van der Waals surface area (Å²) in [5.74, 6) is 0. The molecule has 0 radical (unpaired) electrons. The summed E-state index contributed by atoms with van der Waals surface area (Å²) in [6, 6.07) is 1.20. The van der Waals surface area contributed by atoms with Gasteiger partial charge in [-0.1, -0.05) is 12.8 Å². The van der Waals surface area contributed by atoms with Gasteiger partial charge in [0, 0.05) is 25.2 Å². The van der Waals surface area contributed by atoms with Crippen molar-refractivity contribution in [2.24, 2.45) is 0 Å². The number of aliphatic hydroxyl groups excluding tert-OH is 1. The lowest BCUT2D eigenvalue weighted by Gasteiger charge is -2.35. The molecule has 2 unspecified atom stereocenters. The standard InChI is InChI=1S/C12H24N2O/c1-14(9-8-13-10-6-7-10)11-4-2-3-5-12(11)15/h10-13,15H,2-9H2,1H3. The zero-order chi connectivity index (χ0) is 10.7. The Labute approximate surface area is 92.8 Å². The summed E-state index contributed by atoms with van der Waals surface area (Å²) in [4.78, 5) is 2.33. The highest BCUT2D eigenvalue weighted by atomic mass is 16.3. The molecule has 0 heterocycles. The summed E-state index contributed by atoms with van der Waals surface area (Å²) in [6.45, 7) is 2.14. The molecule has 0 bridgehead atoms. The Morgan fingerprint density at radius 2 is 1.93 bits per heavy atom. The van der Waals surface area contributed by atoms with Crippen molar-refractivity contribution < 1.29 is 5.11 Å². The molecule has 15 heavy (non-hydrogen) atoms. The molecular formula is C12H24N2O. The van der Waals surface area contributed by atoms with E-state index < -0.39 is 0 Å². The lowest BCUT2D eigenvalue weighted by molar-refractivity contribution is 0.0327. The second kappa shape index (κ2) is 5.28. The summed E-state index contributed by atoms with van der Waals surface area (Å²) in [7, 11) is 2.15. The molecule has 2 aliphatic rings. The van der Waals surface area contributed by atoms with E-state index in [0.29, 0.717) is 6.04 Å². The van der Waals surface area contributed by atoms with Gasteiger partial charge in [-0.2, -0.15) is 0 Å². The van der Waals surface area contributed by atoms with E-state index in [2.05, 4.69) is 17.3 Å². The predicted octanol–water partition coefficient (Wildman–Crippen LogP) is 0.974. The molecule has 0 saturated heterocycles. The minimum atomic E-state index is -0.0929. The van der Waals surface area contributed by atoms with Crippen LogP contribution in [0.5, 0.6) is 0 Å². The van der Waals surface area contributed by atoms with Crippen molar-refractivity contribution in [3.05, 3.63) is 0 Å². The van der Waals surface area contributed by atoms with Crippen molar-refractivity contribution >= 4 is 0 Å². The van der Waals surface area contributed by atoms with Crippen molar-refractivity contribution in [2.45, 2.75) is 56.7 Å². The molecule has 0 aliphatic heterocycles. The van der Waals surface area contributed by atoms with Crippen molar-refractivity contribution in [3.8, 4) is 0 Å². The van der Waals surface area contributed by atoms with E-state index >= 15 is 0 Å². The first kappa shape index (κ1) is 11.4. The van der Waals surface area contributed by atoms with Crippen LogP contribution in [-0.4, -0.2) is 48.3 Å². The van der Waals surface area contributed by atoms with Crippen LogP contribution in [0.3, 0.4) is 0 Å². The number of likely N-dealkylation sites (N-methyl/N-ethyl adjacent to an activating group) is 1. The van der Waals surface area contributed by atoms with E-state index in [4.69, 9.17) is 0 Å². The minimum Gasteiger partial charge on any atom is -0.391 e. The first-order chi connectivity index (χ1) is 7.27. The van der Waals surface area contributed by atoms with Gasteiger partial charge in [0.1, 0.15) is 0 Å². The minimum absolute atomic E-state index is 0.0929. The molecule has 2 rings (SSSR count). The van der Waals surface area contributed by atoms with Gasteiger partial charge in [-0.05, 0) is 32.7 Å². The third kappa shape index (κ3) is 3.44. The summed E-state index contributed by atoms with van der Waals surface area (Å²) in [6.07, 6.45) is 7.26. The number of hydrogen-bond acceptors (Lipinski definition) is 3. The Bertz CT molecular complexity index is 194. The lowest BCUT2D eigenvalue weighted by atomic mass is 9.91. The van der Waals surface area contributed by atoms with Crippen LogP contribution in [0.1, 0.15) is 38.5 Å². The second-order valence-corrected chi connectivity index (χ2v) is 5.13. The summed E-state index contributed by atoms with van der Waals surface area (Å²) < 4.78 is 0. The van der Waals surface area contributed by atoms with E-state index in [1.165, 1.54) is 32.1 Å². The first-order valence-corrected chi connectivity index (χ1v) is 6.39. The molecule has 2 atom stereocenters. The normalized spacial score (nSPS) is 32.2. The Morgan fingerprint density at radius 3 is 2.60 bits per heavy atom. The highest BCUT2D eigenvalue weighted by Crippen LogP contribution is 2.22. The number of rotatable bonds is 5. The quantitative estimate of drug-likeness (QED) is 0.713. The Morgan fingerprint density at radius 1 is 1.20 bits per heavy atom. The smallest absolute Gasteiger partial charge is 0.0695 e. The van der Waals surface area contributed by atoms with E-state index in [1.807, 2.05) is 0 Å². The van der Waals surface area contributed by atoms with Crippen molar-refractivity contribution in [2.75, 3.05) is 20.1 Å². The Hall–Kier alpha value is -0.120. The number of hydrogen-bond donors (Lipinski definition) is 2. The number of nitrogens with zero attached hydrogens (tertiary/aromatic N) is 1. The van der Waals surface area contributed by atoms with Gasteiger partial charge in [0.25, 0.3) is 0 Å². The fraction of sp³-hybridized carbons (Fsp3) is 1.00. The van der Waals surface area contributed by atoms with E-state index in [-0.39, 0.29) is 6.10 Å². The zero-order valence-electron chi connectivity index (χ0n) is 9.78. The molecule has 3 heteroatoms. The second-order valence-electron chi connectivity index (χ2n) is 5.13. The third-order valence-electron chi connectivity index (χ3n) is 3.73. The molecule has 88 valence electrons. The van der Waals surface area contributed by atoms with Crippen LogP contribution < -0.4 is 5.32 Å². The average Bonchev–Trinajstić information content (AvgIpc) is 3.02. The SMILES string of the molecule is CN(CCNC1CC1)C1CCCCC1O. The molecular weight excluding hydrogens is 188 g/mol. The fourth-order valence-corrected chi connectivity index (χ4v) is 2.50. The molecule has 2 fully saturated rings. The first-order valence-electron chi connectivity index (χ1n) is 6.39. The van der Waals surface area contributed by atoms with Crippen LogP contribution in [0.25, 0.3) is 0 Å². The van der Waals surface area contributed by atoms with E-state index in [1.54, 1.807) is 0 Å². The maximum atomic E-state index is 9.90. The lowest BCUT2D eigenvalue weighted by Crippen LogP contribution is -2.45. The monoisotopic (exact) mass is 212 g/mol. The topological polar surface area (TPSA) is 35.5 Å². The number of nitrogens with one attached hydrogen (secondary N) is 1. The molecule has 3 nitrogen and oxygen atoms in total. The molecule has 0 amide bonds. The maximum absolute atomic E-state index is 9.90. The maximum Gasteiger partial charge on any atom is 0.0695 e. The van der Waals surface area contributed by atoms with Gasteiger partial charge >= 0.3 is 0 Å². The molecule has 0 aromatic heterocycles. The molecule has 0 spiro atoms. The zero-order valence-corrected chi connectivity index (χ0v) is 9.78. The molecule has 0 aromatic rings. The largest absolute Gasteiger partial charge is 0.391 e. The van der Waals surface area contributed by atoms with Gasteiger partial charge in [0.2, 0.25) is 0 Å². The number of aliphatic hydroxyl groups is 1. The summed E-state index contributed by atoms with van der Waals surface area (Å²) >= 11 is 0. The molecule has 2 N–H and O–H groups in total. The van der Waals surface area contributed by atoms with E-state index in [9.17, 15) is 5.11 Å². The van der Waals surface area contributed by atoms with Crippen LogP contribution in [0, 0.1) is 0 Å². The fourth-order valence-electron chi connectivity index (χ4n) is 2.50. The van der Waals surface area contributed by atoms with Gasteiger partial charge in [0.05, 0.1) is 6.10 Å². The van der Waals surface area contributed by atoms with Crippen LogP contribution in [0.4, 0.5) is 0 Å². The summed E-state index contributed by atoms with van der Waals surface area (Å²) in [5, 5.41) is 13.4. The highest BCUT2D eigenvalue weighted by molar-refractivity contribution is 4.84. The van der Waals surface area contributed by atoms with Crippen LogP contribution in [-0.2, 0) is 0 Å². The predicted molar refractivity (Wildman–Crippen MR) is 61.9 cm³/mol. The van der Waals surface area contributed by atoms with Crippen LogP contribution in [0.2, 0.25) is 0 Å². The molecule has 0 aromatic carbocycles. The van der Waals surface area contributed by atoms with Gasteiger partial charge in [-0.3, -0.25) is 4.90 Å². The Balaban J connectivity index is 1.65. The molecule has 2 aliphatic carbocycles. The van der Waals surface area contributed by atoms with Crippen molar-refractivity contribution in [1.29, 1.82) is 0 Å². The van der Waals surface area contributed by atoms with Gasteiger partial charge < -0.3 is 10.4 Å². The summed E-state index contributed by atoms with van der Waals surface area (Å²) in [5.41, 5.74) is 0. The molecule has 2 saturated carbocycles. The van der Waals surface area contributed by atoms with Crippen molar-refractivity contribution in [1.82, 2.24) is 10.2 Å². The van der Waals surface area contributed by atoms with Crippen molar-refractivity contribution in [3.63, 3.8) is 0 Å². The van der Waals surface area contributed by atoms with Gasteiger partial charge in [-0.25, -0.2) is 0 Å².